The molecule has 0 heterocycles. The number of hydrogen-bond donors (Lipinski definition) is 4. The van der Waals surface area contributed by atoms with Gasteiger partial charge in [-0.3, -0.25) is 5.43 Å². The lowest BCUT2D eigenvalue weighted by molar-refractivity contribution is -0.356. The van der Waals surface area contributed by atoms with Gasteiger partial charge in [0.05, 0.1) is 17.1 Å². The minimum Gasteiger partial charge on any atom is -0.252 e. The van der Waals surface area contributed by atoms with Gasteiger partial charge in [-0.25, -0.2) is 10.3 Å². The standard InChI is InChI=1S/C19H18N4/c1-4-10-16(11-5-1)20-19(21-17-12-6-2-7-13-17)23-22-18-14-8-3-9-15-18/h1-15,22H,(H2,20,21,23)/p+1. The van der Waals surface area contributed by atoms with E-state index in [0.29, 0.717) is 0 Å². The van der Waals surface area contributed by atoms with Crippen molar-refractivity contribution < 1.29 is 4.99 Å². The quantitative estimate of drug-likeness (QED) is 0.340. The third kappa shape index (κ3) is 4.61. The number of hydrazine groups is 1. The lowest BCUT2D eigenvalue weighted by atomic mass is 10.3. The van der Waals surface area contributed by atoms with Gasteiger partial charge in [0.25, 0.3) is 0 Å². The summed E-state index contributed by atoms with van der Waals surface area (Å²) in [7, 11) is 0. The van der Waals surface area contributed by atoms with Gasteiger partial charge in [-0.1, -0.05) is 54.6 Å². The molecule has 0 fully saturated rings. The summed E-state index contributed by atoms with van der Waals surface area (Å²) >= 11 is 0. The predicted molar refractivity (Wildman–Crippen MR) is 95.3 cm³/mol. The average Bonchev–Trinajstić information content (AvgIpc) is 2.62. The van der Waals surface area contributed by atoms with Crippen molar-refractivity contribution in [2.45, 2.75) is 0 Å². The highest BCUT2D eigenvalue weighted by Gasteiger charge is 2.07. The van der Waals surface area contributed by atoms with Crippen molar-refractivity contribution in [3.63, 3.8) is 0 Å². The first-order valence-corrected chi connectivity index (χ1v) is 7.48. The summed E-state index contributed by atoms with van der Waals surface area (Å²) in [4.78, 5) is 3.33. The Labute approximate surface area is 135 Å². The number of nitrogens with one attached hydrogen (secondary N) is 4. The van der Waals surface area contributed by atoms with Crippen LogP contribution in [0.5, 0.6) is 0 Å². The summed E-state index contributed by atoms with van der Waals surface area (Å²) in [6, 6.07) is 29.9. The van der Waals surface area contributed by atoms with E-state index >= 15 is 0 Å². The van der Waals surface area contributed by atoms with Crippen LogP contribution in [0.4, 0.5) is 17.1 Å². The highest BCUT2D eigenvalue weighted by atomic mass is 15.4. The fourth-order valence-corrected chi connectivity index (χ4v) is 2.08. The van der Waals surface area contributed by atoms with Crippen LogP contribution in [0.1, 0.15) is 0 Å². The van der Waals surface area contributed by atoms with E-state index in [1.165, 1.54) is 0 Å². The Hall–Kier alpha value is -3.27. The summed E-state index contributed by atoms with van der Waals surface area (Å²) < 4.78 is 0. The van der Waals surface area contributed by atoms with E-state index < -0.39 is 0 Å². The predicted octanol–water partition coefficient (Wildman–Crippen LogP) is 2.48. The van der Waals surface area contributed by atoms with Crippen LogP contribution < -0.4 is 21.2 Å². The first kappa shape index (κ1) is 14.7. The molecule has 4 N–H and O–H groups in total. The molecule has 0 radical (unpaired) electrons. The zero-order valence-electron chi connectivity index (χ0n) is 12.7. The molecule has 0 spiro atoms. The molecule has 0 bridgehead atoms. The van der Waals surface area contributed by atoms with Gasteiger partial charge in [0.1, 0.15) is 0 Å². The van der Waals surface area contributed by atoms with Gasteiger partial charge in [0.2, 0.25) is 0 Å². The molecule has 0 aromatic heterocycles. The molecule has 0 aliphatic heterocycles. The molecule has 0 aliphatic carbocycles. The monoisotopic (exact) mass is 303 g/mol. The van der Waals surface area contributed by atoms with Gasteiger partial charge >= 0.3 is 5.96 Å². The number of hydrogen-bond acceptors (Lipinski definition) is 1. The molecule has 23 heavy (non-hydrogen) atoms. The second-order valence-electron chi connectivity index (χ2n) is 4.97. The van der Waals surface area contributed by atoms with E-state index in [2.05, 4.69) is 21.2 Å². The minimum absolute atomic E-state index is 0.742. The molecule has 3 aromatic carbocycles. The smallest absolute Gasteiger partial charge is 0.252 e. The van der Waals surface area contributed by atoms with Crippen LogP contribution in [0.3, 0.4) is 0 Å². The van der Waals surface area contributed by atoms with Crippen LogP contribution in [0.2, 0.25) is 0 Å². The summed E-state index contributed by atoms with van der Waals surface area (Å²) in [5.41, 5.74) is 9.32. The molecule has 0 amide bonds. The van der Waals surface area contributed by atoms with Crippen LogP contribution in [0.25, 0.3) is 0 Å². The second-order valence-corrected chi connectivity index (χ2v) is 4.97. The first-order chi connectivity index (χ1) is 11.4. The van der Waals surface area contributed by atoms with E-state index in [0.717, 1.165) is 23.0 Å². The molecule has 4 heteroatoms. The van der Waals surface area contributed by atoms with Gasteiger partial charge in [0, 0.05) is 0 Å². The average molecular weight is 303 g/mol. The number of rotatable bonds is 4. The molecular weight excluding hydrogens is 284 g/mol. The molecule has 0 aliphatic rings. The first-order valence-electron chi connectivity index (χ1n) is 7.48. The maximum atomic E-state index is 3.33. The van der Waals surface area contributed by atoms with Gasteiger partial charge in [0.15, 0.2) is 0 Å². The Bertz CT molecular complexity index is 740. The van der Waals surface area contributed by atoms with E-state index in [1.807, 2.05) is 91.0 Å². The molecule has 0 unspecified atom stereocenters. The van der Waals surface area contributed by atoms with Crippen LogP contribution in [-0.2, 0) is 0 Å². The van der Waals surface area contributed by atoms with Crippen LogP contribution >= 0.6 is 0 Å². The van der Waals surface area contributed by atoms with Crippen LogP contribution in [0, 0.1) is 0 Å². The number of guanidine groups is 1. The van der Waals surface area contributed by atoms with Crippen LogP contribution in [0.15, 0.2) is 91.0 Å². The zero-order valence-corrected chi connectivity index (χ0v) is 12.7. The summed E-state index contributed by atoms with van der Waals surface area (Å²) in [5.74, 6) is 0.742. The van der Waals surface area contributed by atoms with E-state index in [1.54, 1.807) is 0 Å². The van der Waals surface area contributed by atoms with Crippen molar-refractivity contribution in [1.29, 1.82) is 0 Å². The van der Waals surface area contributed by atoms with Crippen molar-refractivity contribution in [2.75, 3.05) is 10.7 Å². The van der Waals surface area contributed by atoms with Crippen LogP contribution in [-0.4, -0.2) is 5.96 Å². The lowest BCUT2D eigenvalue weighted by Crippen LogP contribution is -2.73. The van der Waals surface area contributed by atoms with Crippen molar-refractivity contribution in [3.05, 3.63) is 91.0 Å². The summed E-state index contributed by atoms with van der Waals surface area (Å²) in [5, 5.41) is 3.33. The van der Waals surface area contributed by atoms with Crippen molar-refractivity contribution in [2.24, 2.45) is 0 Å². The highest BCUT2D eigenvalue weighted by molar-refractivity contribution is 5.90. The molecule has 114 valence electrons. The van der Waals surface area contributed by atoms with Crippen molar-refractivity contribution in [1.82, 2.24) is 5.43 Å². The third-order valence-corrected chi connectivity index (χ3v) is 3.19. The van der Waals surface area contributed by atoms with E-state index in [9.17, 15) is 0 Å². The van der Waals surface area contributed by atoms with Crippen molar-refractivity contribution in [3.8, 4) is 0 Å². The Morgan fingerprint density at radius 2 is 1.13 bits per heavy atom. The molecule has 0 atom stereocenters. The largest absolute Gasteiger partial charge is 0.375 e. The van der Waals surface area contributed by atoms with Gasteiger partial charge < -0.3 is 0 Å². The Kier molecular flexibility index (Phi) is 4.88. The Morgan fingerprint density at radius 1 is 0.609 bits per heavy atom. The SMILES string of the molecule is c1ccc(NNC(Nc2ccccc2)=[NH+]c2ccccc2)cc1. The molecule has 3 aromatic rings. The zero-order chi connectivity index (χ0) is 15.7. The molecule has 0 saturated heterocycles. The Balaban J connectivity index is 1.77. The fourth-order valence-electron chi connectivity index (χ4n) is 2.08. The van der Waals surface area contributed by atoms with Crippen molar-refractivity contribution >= 4 is 23.0 Å². The number of para-hydroxylation sites is 3. The number of benzene rings is 3. The maximum Gasteiger partial charge on any atom is 0.375 e. The maximum absolute atomic E-state index is 3.33. The lowest BCUT2D eigenvalue weighted by Gasteiger charge is -2.08. The topological polar surface area (TPSA) is 50.1 Å². The second kappa shape index (κ2) is 7.66. The highest BCUT2D eigenvalue weighted by Crippen LogP contribution is 2.05. The summed E-state index contributed by atoms with van der Waals surface area (Å²) in [6.45, 7) is 0. The minimum atomic E-state index is 0.742. The Morgan fingerprint density at radius 3 is 1.74 bits per heavy atom. The molecule has 0 saturated carbocycles. The van der Waals surface area contributed by atoms with E-state index in [4.69, 9.17) is 0 Å². The van der Waals surface area contributed by atoms with E-state index in [-0.39, 0.29) is 0 Å². The third-order valence-electron chi connectivity index (χ3n) is 3.19. The number of anilines is 2. The van der Waals surface area contributed by atoms with Gasteiger partial charge in [-0.15, -0.1) is 0 Å². The molecule has 3 rings (SSSR count). The molecule has 4 nitrogen and oxygen atoms in total. The normalized spacial score (nSPS) is 10.9. The van der Waals surface area contributed by atoms with Gasteiger partial charge in [-0.05, 0) is 36.4 Å². The van der Waals surface area contributed by atoms with Gasteiger partial charge in [-0.2, -0.15) is 5.43 Å². The fraction of sp³-hybridized carbons (Fsp3) is 0. The summed E-state index contributed by atoms with van der Waals surface area (Å²) in [6.07, 6.45) is 0. The molecular formula is C19H19N4+.